The number of nitrogens with two attached hydrogens (primary N) is 1. The maximum atomic E-state index is 6.37. The lowest BCUT2D eigenvalue weighted by molar-refractivity contribution is 0.121. The maximum absolute atomic E-state index is 6.37. The largest absolute Gasteiger partial charge is 0.486 e. The highest BCUT2D eigenvalue weighted by Crippen LogP contribution is 2.53. The first-order valence-electron chi connectivity index (χ1n) is 7.57. The zero-order valence-electron chi connectivity index (χ0n) is 13.8. The Bertz CT molecular complexity index is 747. The fourth-order valence-corrected chi connectivity index (χ4v) is 3.81. The van der Waals surface area contributed by atoms with Crippen LogP contribution in [0.3, 0.4) is 0 Å². The third-order valence-corrected chi connectivity index (χ3v) is 5.44. The number of ether oxygens (including phenoxy) is 1. The molecule has 1 heterocycles. The van der Waals surface area contributed by atoms with Gasteiger partial charge in [0.1, 0.15) is 11.4 Å². The van der Waals surface area contributed by atoms with Crippen LogP contribution in [0.25, 0.3) is 0 Å². The summed E-state index contributed by atoms with van der Waals surface area (Å²) in [5, 5.41) is 0. The van der Waals surface area contributed by atoms with Gasteiger partial charge in [0.25, 0.3) is 0 Å². The Labute approximate surface area is 140 Å². The van der Waals surface area contributed by atoms with Gasteiger partial charge in [-0.15, -0.1) is 0 Å². The van der Waals surface area contributed by atoms with Gasteiger partial charge in [0.15, 0.2) is 0 Å². The molecule has 3 rings (SSSR count). The van der Waals surface area contributed by atoms with Gasteiger partial charge in [-0.2, -0.15) is 0 Å². The topological polar surface area (TPSA) is 35.2 Å². The lowest BCUT2D eigenvalue weighted by Crippen LogP contribution is -2.31. The molecule has 2 N–H and O–H groups in total. The summed E-state index contributed by atoms with van der Waals surface area (Å²) in [6.45, 7) is 10.6. The van der Waals surface area contributed by atoms with Gasteiger partial charge in [-0.05, 0) is 69.0 Å². The Morgan fingerprint density at radius 3 is 2.18 bits per heavy atom. The van der Waals surface area contributed by atoms with Gasteiger partial charge in [0.05, 0.1) is 5.92 Å². The Balaban J connectivity index is 2.28. The summed E-state index contributed by atoms with van der Waals surface area (Å²) in [7, 11) is 0. The standard InChI is InChI=1S/C19H22BrNO/c1-10-11(2)18-15(12(3)17(10)21)16(19(4,5)22-18)13-6-8-14(20)9-7-13/h6-9,16H,21H2,1-5H3. The highest BCUT2D eigenvalue weighted by molar-refractivity contribution is 9.10. The van der Waals surface area contributed by atoms with Crippen LogP contribution in [0.4, 0.5) is 5.69 Å². The molecule has 0 aromatic heterocycles. The average molecular weight is 360 g/mol. The van der Waals surface area contributed by atoms with Gasteiger partial charge in [-0.3, -0.25) is 0 Å². The molecule has 1 unspecified atom stereocenters. The number of benzene rings is 2. The molecular weight excluding hydrogens is 338 g/mol. The van der Waals surface area contributed by atoms with Crippen molar-refractivity contribution in [2.24, 2.45) is 0 Å². The van der Waals surface area contributed by atoms with E-state index in [-0.39, 0.29) is 11.5 Å². The van der Waals surface area contributed by atoms with Crippen LogP contribution in [-0.2, 0) is 0 Å². The van der Waals surface area contributed by atoms with Crippen molar-refractivity contribution in [1.29, 1.82) is 0 Å². The lowest BCUT2D eigenvalue weighted by Gasteiger charge is -2.27. The van der Waals surface area contributed by atoms with E-state index in [0.29, 0.717) is 0 Å². The molecule has 22 heavy (non-hydrogen) atoms. The molecule has 0 spiro atoms. The highest BCUT2D eigenvalue weighted by atomic mass is 79.9. The molecule has 0 saturated heterocycles. The predicted octanol–water partition coefficient (Wildman–Crippen LogP) is 5.26. The molecule has 1 aliphatic rings. The van der Waals surface area contributed by atoms with Crippen molar-refractivity contribution in [3.8, 4) is 5.75 Å². The van der Waals surface area contributed by atoms with Crippen LogP contribution in [0.1, 0.15) is 47.6 Å². The number of fused-ring (bicyclic) bond motifs is 1. The first-order valence-corrected chi connectivity index (χ1v) is 8.37. The van der Waals surface area contributed by atoms with Crippen molar-refractivity contribution >= 4 is 21.6 Å². The second-order valence-corrected chi connectivity index (χ2v) is 7.64. The summed E-state index contributed by atoms with van der Waals surface area (Å²) < 4.78 is 7.46. The third kappa shape index (κ3) is 2.14. The van der Waals surface area contributed by atoms with E-state index < -0.39 is 0 Å². The predicted molar refractivity (Wildman–Crippen MR) is 95.8 cm³/mol. The molecule has 2 aromatic carbocycles. The first kappa shape index (κ1) is 15.4. The smallest absolute Gasteiger partial charge is 0.127 e. The molecule has 0 aliphatic carbocycles. The molecule has 2 aromatic rings. The lowest BCUT2D eigenvalue weighted by atomic mass is 9.78. The van der Waals surface area contributed by atoms with Crippen molar-refractivity contribution in [3.05, 3.63) is 56.6 Å². The van der Waals surface area contributed by atoms with Crippen molar-refractivity contribution in [2.75, 3.05) is 5.73 Å². The van der Waals surface area contributed by atoms with E-state index in [1.807, 2.05) is 0 Å². The monoisotopic (exact) mass is 359 g/mol. The highest BCUT2D eigenvalue weighted by Gasteiger charge is 2.44. The number of hydrogen-bond donors (Lipinski definition) is 1. The van der Waals surface area contributed by atoms with Crippen molar-refractivity contribution in [1.82, 2.24) is 0 Å². The quantitative estimate of drug-likeness (QED) is 0.704. The van der Waals surface area contributed by atoms with E-state index in [1.165, 1.54) is 11.1 Å². The molecule has 0 fully saturated rings. The van der Waals surface area contributed by atoms with E-state index in [9.17, 15) is 0 Å². The number of nitrogen functional groups attached to an aromatic ring is 1. The van der Waals surface area contributed by atoms with E-state index >= 15 is 0 Å². The number of anilines is 1. The maximum Gasteiger partial charge on any atom is 0.127 e. The minimum absolute atomic E-state index is 0.192. The fraction of sp³-hybridized carbons (Fsp3) is 0.368. The summed E-state index contributed by atoms with van der Waals surface area (Å²) in [6.07, 6.45) is 0. The molecule has 1 aliphatic heterocycles. The molecule has 0 bridgehead atoms. The second kappa shape index (κ2) is 5.02. The van der Waals surface area contributed by atoms with E-state index in [2.05, 4.69) is 74.8 Å². The van der Waals surface area contributed by atoms with Crippen molar-refractivity contribution in [2.45, 2.75) is 46.1 Å². The molecular formula is C19H22BrNO. The van der Waals surface area contributed by atoms with Gasteiger partial charge in [-0.1, -0.05) is 28.1 Å². The molecule has 116 valence electrons. The third-order valence-electron chi connectivity index (χ3n) is 4.91. The van der Waals surface area contributed by atoms with Gasteiger partial charge < -0.3 is 10.5 Å². The van der Waals surface area contributed by atoms with Crippen LogP contribution in [0.5, 0.6) is 5.75 Å². The Kier molecular flexibility index (Phi) is 3.52. The van der Waals surface area contributed by atoms with Crippen LogP contribution in [0, 0.1) is 20.8 Å². The van der Waals surface area contributed by atoms with E-state index in [0.717, 1.165) is 32.6 Å². The normalized spacial score (nSPS) is 18.9. The second-order valence-electron chi connectivity index (χ2n) is 6.72. The summed E-state index contributed by atoms with van der Waals surface area (Å²) in [6, 6.07) is 8.51. The minimum Gasteiger partial charge on any atom is -0.486 e. The molecule has 2 nitrogen and oxygen atoms in total. The van der Waals surface area contributed by atoms with Crippen LogP contribution in [0.15, 0.2) is 28.7 Å². The molecule has 0 radical (unpaired) electrons. The summed E-state index contributed by atoms with van der Waals surface area (Å²) in [5.41, 5.74) is 12.9. The molecule has 0 amide bonds. The van der Waals surface area contributed by atoms with Crippen LogP contribution >= 0.6 is 15.9 Å². The van der Waals surface area contributed by atoms with Crippen LogP contribution < -0.4 is 10.5 Å². The Morgan fingerprint density at radius 2 is 1.59 bits per heavy atom. The molecule has 1 atom stereocenters. The average Bonchev–Trinajstić information content (AvgIpc) is 2.75. The number of hydrogen-bond acceptors (Lipinski definition) is 2. The molecule has 3 heteroatoms. The van der Waals surface area contributed by atoms with Crippen LogP contribution in [0.2, 0.25) is 0 Å². The zero-order valence-corrected chi connectivity index (χ0v) is 15.3. The van der Waals surface area contributed by atoms with Gasteiger partial charge in [0, 0.05) is 15.7 Å². The minimum atomic E-state index is -0.286. The van der Waals surface area contributed by atoms with Crippen molar-refractivity contribution < 1.29 is 4.74 Å². The zero-order chi connectivity index (χ0) is 16.2. The van der Waals surface area contributed by atoms with Gasteiger partial charge >= 0.3 is 0 Å². The first-order chi connectivity index (χ1) is 10.2. The number of rotatable bonds is 1. The Hall–Kier alpha value is -1.48. The van der Waals surface area contributed by atoms with E-state index in [4.69, 9.17) is 10.5 Å². The summed E-state index contributed by atoms with van der Waals surface area (Å²) in [5.74, 6) is 1.21. The van der Waals surface area contributed by atoms with Gasteiger partial charge in [-0.25, -0.2) is 0 Å². The summed E-state index contributed by atoms with van der Waals surface area (Å²) >= 11 is 3.51. The van der Waals surface area contributed by atoms with Gasteiger partial charge in [0.2, 0.25) is 0 Å². The fourth-order valence-electron chi connectivity index (χ4n) is 3.54. The van der Waals surface area contributed by atoms with Crippen LogP contribution in [-0.4, -0.2) is 5.60 Å². The summed E-state index contributed by atoms with van der Waals surface area (Å²) in [4.78, 5) is 0. The Morgan fingerprint density at radius 1 is 1.00 bits per heavy atom. The SMILES string of the molecule is Cc1c(C)c2c(c(C)c1N)C(c1ccc(Br)cc1)C(C)(C)O2. The number of halogens is 1. The van der Waals surface area contributed by atoms with Crippen molar-refractivity contribution in [3.63, 3.8) is 0 Å². The van der Waals surface area contributed by atoms with E-state index in [1.54, 1.807) is 0 Å². The molecule has 0 saturated carbocycles.